The van der Waals surface area contributed by atoms with Crippen molar-refractivity contribution in [3.05, 3.63) is 40.6 Å². The first kappa shape index (κ1) is 21.8. The standard InChI is InChI=1S/C19H27BrN4O2S/c1-2-27-14-5-7-16-15-24(23-22-16)12-6-11-21-19(25)10-13-26-18-9-4-3-8-17(18)20/h3-4,8-9,15H,2,5-7,10-14H2,1H3,(H,21,25). The molecule has 0 saturated carbocycles. The Bertz CT molecular complexity index is 696. The Morgan fingerprint density at radius 1 is 1.33 bits per heavy atom. The molecule has 0 atom stereocenters. The van der Waals surface area contributed by atoms with Crippen LogP contribution >= 0.6 is 27.7 Å². The molecule has 1 aromatic heterocycles. The maximum atomic E-state index is 11.9. The van der Waals surface area contributed by atoms with Crippen LogP contribution in [0.15, 0.2) is 34.9 Å². The quantitative estimate of drug-likeness (QED) is 0.467. The molecular formula is C19H27BrN4O2S. The van der Waals surface area contributed by atoms with Crippen molar-refractivity contribution >= 4 is 33.6 Å². The minimum atomic E-state index is -0.00485. The van der Waals surface area contributed by atoms with Crippen molar-refractivity contribution in [1.82, 2.24) is 20.3 Å². The number of carbonyl (C=O) groups is 1. The number of hydrogen-bond donors (Lipinski definition) is 1. The number of nitrogens with zero attached hydrogens (tertiary/aromatic N) is 3. The van der Waals surface area contributed by atoms with Gasteiger partial charge in [-0.05, 0) is 58.8 Å². The molecule has 1 aromatic carbocycles. The maximum absolute atomic E-state index is 11.9. The molecule has 8 heteroatoms. The summed E-state index contributed by atoms with van der Waals surface area (Å²) in [7, 11) is 0. The van der Waals surface area contributed by atoms with Gasteiger partial charge in [-0.3, -0.25) is 9.48 Å². The number of aryl methyl sites for hydroxylation is 2. The van der Waals surface area contributed by atoms with Crippen LogP contribution < -0.4 is 10.1 Å². The minimum absolute atomic E-state index is 0.00485. The molecule has 0 aliphatic heterocycles. The highest BCUT2D eigenvalue weighted by Crippen LogP contribution is 2.23. The van der Waals surface area contributed by atoms with Crippen LogP contribution in [0.2, 0.25) is 0 Å². The lowest BCUT2D eigenvalue weighted by Gasteiger charge is -2.08. The molecular weight excluding hydrogens is 428 g/mol. The van der Waals surface area contributed by atoms with E-state index in [2.05, 4.69) is 38.5 Å². The maximum Gasteiger partial charge on any atom is 0.223 e. The Morgan fingerprint density at radius 2 is 2.19 bits per heavy atom. The molecule has 0 unspecified atom stereocenters. The van der Waals surface area contributed by atoms with Crippen LogP contribution in [-0.4, -0.2) is 45.6 Å². The van der Waals surface area contributed by atoms with Gasteiger partial charge in [0.05, 0.1) is 23.2 Å². The molecule has 0 radical (unpaired) electrons. The highest BCUT2D eigenvalue weighted by molar-refractivity contribution is 9.10. The number of benzene rings is 1. The van der Waals surface area contributed by atoms with Crippen molar-refractivity contribution in [2.75, 3.05) is 24.7 Å². The van der Waals surface area contributed by atoms with Crippen molar-refractivity contribution in [1.29, 1.82) is 0 Å². The third-order valence-electron chi connectivity index (χ3n) is 3.82. The van der Waals surface area contributed by atoms with E-state index in [0.29, 0.717) is 19.6 Å². The number of carbonyl (C=O) groups excluding carboxylic acids is 1. The second kappa shape index (κ2) is 12.8. The van der Waals surface area contributed by atoms with E-state index in [9.17, 15) is 4.79 Å². The first-order chi connectivity index (χ1) is 13.2. The number of hydrogen-bond acceptors (Lipinski definition) is 5. The number of thioether (sulfide) groups is 1. The average molecular weight is 455 g/mol. The van der Waals surface area contributed by atoms with Gasteiger partial charge >= 0.3 is 0 Å². The zero-order valence-electron chi connectivity index (χ0n) is 15.7. The van der Waals surface area contributed by atoms with Gasteiger partial charge in [0, 0.05) is 19.3 Å². The predicted molar refractivity (Wildman–Crippen MR) is 113 cm³/mol. The lowest BCUT2D eigenvalue weighted by atomic mass is 10.3. The van der Waals surface area contributed by atoms with Gasteiger partial charge in [0.2, 0.25) is 5.91 Å². The van der Waals surface area contributed by atoms with E-state index in [0.717, 1.165) is 47.5 Å². The molecule has 0 aliphatic rings. The van der Waals surface area contributed by atoms with E-state index in [1.807, 2.05) is 46.9 Å². The van der Waals surface area contributed by atoms with Crippen LogP contribution in [0.3, 0.4) is 0 Å². The number of nitrogens with one attached hydrogen (secondary N) is 1. The van der Waals surface area contributed by atoms with Gasteiger partial charge < -0.3 is 10.1 Å². The zero-order valence-corrected chi connectivity index (χ0v) is 18.1. The topological polar surface area (TPSA) is 69.0 Å². The van der Waals surface area contributed by atoms with Gasteiger partial charge in [-0.15, -0.1) is 5.10 Å². The highest BCUT2D eigenvalue weighted by Gasteiger charge is 2.04. The zero-order chi connectivity index (χ0) is 19.3. The molecule has 0 bridgehead atoms. The summed E-state index contributed by atoms with van der Waals surface area (Å²) in [5, 5.41) is 11.3. The van der Waals surface area contributed by atoms with Crippen LogP contribution in [0.4, 0.5) is 0 Å². The number of ether oxygens (including phenoxy) is 1. The summed E-state index contributed by atoms with van der Waals surface area (Å²) in [4.78, 5) is 11.9. The first-order valence-corrected chi connectivity index (χ1v) is 11.2. The van der Waals surface area contributed by atoms with Crippen molar-refractivity contribution in [3.63, 3.8) is 0 Å². The van der Waals surface area contributed by atoms with Crippen LogP contribution in [0, 0.1) is 0 Å². The fourth-order valence-electron chi connectivity index (χ4n) is 2.43. The Balaban J connectivity index is 1.54. The summed E-state index contributed by atoms with van der Waals surface area (Å²) in [6.07, 6.45) is 5.27. The van der Waals surface area contributed by atoms with Gasteiger partial charge in [0.25, 0.3) is 0 Å². The van der Waals surface area contributed by atoms with Crippen LogP contribution in [0.25, 0.3) is 0 Å². The summed E-state index contributed by atoms with van der Waals surface area (Å²) in [6, 6.07) is 7.61. The SMILES string of the molecule is CCSCCCc1cn(CCCNC(=O)CCOc2ccccc2Br)nn1. The van der Waals surface area contributed by atoms with E-state index in [1.165, 1.54) is 5.75 Å². The third-order valence-corrected chi connectivity index (χ3v) is 5.46. The van der Waals surface area contributed by atoms with Crippen molar-refractivity contribution in [3.8, 4) is 5.75 Å². The van der Waals surface area contributed by atoms with Gasteiger partial charge in [-0.25, -0.2) is 0 Å². The largest absolute Gasteiger partial charge is 0.492 e. The molecule has 2 aromatic rings. The van der Waals surface area contributed by atoms with Gasteiger partial charge in [-0.1, -0.05) is 24.3 Å². The van der Waals surface area contributed by atoms with Crippen molar-refractivity contribution < 1.29 is 9.53 Å². The van der Waals surface area contributed by atoms with E-state index in [-0.39, 0.29) is 5.91 Å². The molecule has 0 saturated heterocycles. The number of para-hydroxylation sites is 1. The molecule has 27 heavy (non-hydrogen) atoms. The van der Waals surface area contributed by atoms with E-state index in [1.54, 1.807) is 0 Å². The van der Waals surface area contributed by atoms with E-state index in [4.69, 9.17) is 4.74 Å². The summed E-state index contributed by atoms with van der Waals surface area (Å²) < 4.78 is 8.34. The fourth-order valence-corrected chi connectivity index (χ4v) is 3.47. The minimum Gasteiger partial charge on any atom is -0.492 e. The lowest BCUT2D eigenvalue weighted by molar-refractivity contribution is -0.121. The molecule has 0 fully saturated rings. The second-order valence-electron chi connectivity index (χ2n) is 6.01. The Morgan fingerprint density at radius 3 is 3.00 bits per heavy atom. The predicted octanol–water partition coefficient (Wildman–Crippen LogP) is 3.70. The summed E-state index contributed by atoms with van der Waals surface area (Å²) >= 11 is 5.37. The van der Waals surface area contributed by atoms with Crippen LogP contribution in [0.5, 0.6) is 5.75 Å². The van der Waals surface area contributed by atoms with Crippen molar-refractivity contribution in [2.24, 2.45) is 0 Å². The van der Waals surface area contributed by atoms with Gasteiger partial charge in [0.1, 0.15) is 5.75 Å². The fraction of sp³-hybridized carbons (Fsp3) is 0.526. The number of halogens is 1. The van der Waals surface area contributed by atoms with Gasteiger partial charge in [-0.2, -0.15) is 11.8 Å². The molecule has 6 nitrogen and oxygen atoms in total. The van der Waals surface area contributed by atoms with Gasteiger partial charge in [0.15, 0.2) is 0 Å². The summed E-state index contributed by atoms with van der Waals surface area (Å²) in [6.45, 7) is 3.91. The number of amides is 1. The van der Waals surface area contributed by atoms with Crippen LogP contribution in [-0.2, 0) is 17.8 Å². The molecule has 148 valence electrons. The molecule has 0 spiro atoms. The smallest absolute Gasteiger partial charge is 0.223 e. The normalized spacial score (nSPS) is 10.7. The molecule has 1 amide bonds. The first-order valence-electron chi connectivity index (χ1n) is 9.30. The second-order valence-corrected chi connectivity index (χ2v) is 8.25. The van der Waals surface area contributed by atoms with Crippen LogP contribution in [0.1, 0.15) is 31.9 Å². The molecule has 2 rings (SSSR count). The average Bonchev–Trinajstić information content (AvgIpc) is 3.12. The van der Waals surface area contributed by atoms with E-state index >= 15 is 0 Å². The lowest BCUT2D eigenvalue weighted by Crippen LogP contribution is -2.26. The number of rotatable bonds is 13. The number of aromatic nitrogens is 3. The Labute approximate surface area is 173 Å². The highest BCUT2D eigenvalue weighted by atomic mass is 79.9. The Kier molecular flexibility index (Phi) is 10.3. The Hall–Kier alpha value is -1.54. The molecule has 0 aliphatic carbocycles. The summed E-state index contributed by atoms with van der Waals surface area (Å²) in [5.41, 5.74) is 1.04. The molecule has 1 heterocycles. The monoisotopic (exact) mass is 454 g/mol. The van der Waals surface area contributed by atoms with E-state index < -0.39 is 0 Å². The summed E-state index contributed by atoms with van der Waals surface area (Å²) in [5.74, 6) is 3.07. The molecule has 1 N–H and O–H groups in total. The third kappa shape index (κ3) is 8.79. The van der Waals surface area contributed by atoms with Crippen molar-refractivity contribution in [2.45, 2.75) is 39.2 Å².